The van der Waals surface area contributed by atoms with Crippen molar-refractivity contribution in [3.8, 4) is 5.75 Å². The molecule has 0 aliphatic carbocycles. The van der Waals surface area contributed by atoms with E-state index < -0.39 is 4.92 Å². The lowest BCUT2D eigenvalue weighted by molar-refractivity contribution is -0.385. The summed E-state index contributed by atoms with van der Waals surface area (Å²) in [5, 5.41) is 20.2. The van der Waals surface area contributed by atoms with E-state index in [0.717, 1.165) is 4.90 Å². The number of non-ortho nitro benzene ring substituents is 1. The van der Waals surface area contributed by atoms with Gasteiger partial charge in [-0.2, -0.15) is 0 Å². The van der Waals surface area contributed by atoms with Crippen LogP contribution in [0, 0.1) is 10.1 Å². The molecule has 4 nitrogen and oxygen atoms in total. The third-order valence-corrected chi connectivity index (χ3v) is 3.18. The number of rotatable bonds is 3. The number of aromatic hydroxyl groups is 1. The molecule has 0 fully saturated rings. The van der Waals surface area contributed by atoms with Crippen molar-refractivity contribution in [1.82, 2.24) is 0 Å². The van der Waals surface area contributed by atoms with Crippen LogP contribution in [0.1, 0.15) is 0 Å². The Morgan fingerprint density at radius 2 is 1.88 bits per heavy atom. The van der Waals surface area contributed by atoms with Gasteiger partial charge in [0.15, 0.2) is 0 Å². The summed E-state index contributed by atoms with van der Waals surface area (Å²) < 4.78 is 0. The molecule has 86 valence electrons. The Bertz CT molecular complexity index is 557. The van der Waals surface area contributed by atoms with Crippen LogP contribution in [0.2, 0.25) is 0 Å². The normalized spacial score (nSPS) is 10.1. The van der Waals surface area contributed by atoms with E-state index in [2.05, 4.69) is 0 Å². The molecule has 0 spiro atoms. The first-order valence-electron chi connectivity index (χ1n) is 4.87. The number of nitro benzene ring substituents is 1. The molecule has 0 bridgehead atoms. The summed E-state index contributed by atoms with van der Waals surface area (Å²) >= 11 is 1.29. The van der Waals surface area contributed by atoms with Crippen molar-refractivity contribution in [1.29, 1.82) is 0 Å². The maximum absolute atomic E-state index is 10.6. The fraction of sp³-hybridized carbons (Fsp3) is 0. The zero-order valence-corrected chi connectivity index (χ0v) is 9.55. The fourth-order valence-electron chi connectivity index (χ4n) is 1.33. The smallest absolute Gasteiger partial charge is 0.270 e. The number of hydrogen-bond acceptors (Lipinski definition) is 4. The molecule has 0 aliphatic heterocycles. The van der Waals surface area contributed by atoms with Gasteiger partial charge < -0.3 is 5.11 Å². The molecule has 2 aromatic rings. The van der Waals surface area contributed by atoms with Crippen LogP contribution in [0.4, 0.5) is 5.69 Å². The number of benzene rings is 2. The number of phenolic OH excluding ortho intramolecular Hbond substituents is 1. The van der Waals surface area contributed by atoms with Crippen LogP contribution in [0.25, 0.3) is 0 Å². The number of phenols is 1. The first-order valence-corrected chi connectivity index (χ1v) is 5.69. The molecule has 1 N–H and O–H groups in total. The monoisotopic (exact) mass is 247 g/mol. The maximum Gasteiger partial charge on any atom is 0.270 e. The van der Waals surface area contributed by atoms with E-state index in [1.807, 2.05) is 0 Å². The van der Waals surface area contributed by atoms with Gasteiger partial charge in [-0.05, 0) is 18.2 Å². The second-order valence-electron chi connectivity index (χ2n) is 3.32. The van der Waals surface area contributed by atoms with E-state index in [-0.39, 0.29) is 11.4 Å². The molecule has 2 aromatic carbocycles. The molecule has 0 amide bonds. The standard InChI is InChI=1S/C12H9NO3S/c14-11-6-1-2-7-12(11)17-10-5-3-4-9(8-10)13(15)16/h1-8,14H. The van der Waals surface area contributed by atoms with E-state index in [0.29, 0.717) is 4.90 Å². The van der Waals surface area contributed by atoms with Crippen LogP contribution in [-0.4, -0.2) is 10.0 Å². The first-order chi connectivity index (χ1) is 8.16. The van der Waals surface area contributed by atoms with Crippen molar-refractivity contribution >= 4 is 17.4 Å². The van der Waals surface area contributed by atoms with Gasteiger partial charge in [0.05, 0.1) is 9.82 Å². The Labute approximate surface area is 102 Å². The molecule has 0 aliphatic rings. The van der Waals surface area contributed by atoms with Crippen molar-refractivity contribution in [2.24, 2.45) is 0 Å². The Kier molecular flexibility index (Phi) is 3.30. The number of nitrogens with zero attached hydrogens (tertiary/aromatic N) is 1. The van der Waals surface area contributed by atoms with E-state index in [1.165, 1.54) is 23.9 Å². The van der Waals surface area contributed by atoms with Gasteiger partial charge >= 0.3 is 0 Å². The summed E-state index contributed by atoms with van der Waals surface area (Å²) in [4.78, 5) is 11.6. The van der Waals surface area contributed by atoms with Crippen LogP contribution in [-0.2, 0) is 0 Å². The first kappa shape index (κ1) is 11.5. The molecule has 2 rings (SSSR count). The third-order valence-electron chi connectivity index (χ3n) is 2.12. The maximum atomic E-state index is 10.6. The summed E-state index contributed by atoms with van der Waals surface area (Å²) in [5.74, 6) is 0.170. The number of hydrogen-bond donors (Lipinski definition) is 1. The Hall–Kier alpha value is -2.01. The molecule has 5 heteroatoms. The predicted molar refractivity (Wildman–Crippen MR) is 65.3 cm³/mol. The minimum Gasteiger partial charge on any atom is -0.507 e. The molecule has 0 aromatic heterocycles. The van der Waals surface area contributed by atoms with Crippen molar-refractivity contribution < 1.29 is 10.0 Å². The van der Waals surface area contributed by atoms with Crippen LogP contribution >= 0.6 is 11.8 Å². The molecular weight excluding hydrogens is 238 g/mol. The van der Waals surface area contributed by atoms with Gasteiger partial charge in [-0.1, -0.05) is 30.0 Å². The second kappa shape index (κ2) is 4.88. The molecular formula is C12H9NO3S. The van der Waals surface area contributed by atoms with Crippen LogP contribution in [0.3, 0.4) is 0 Å². The van der Waals surface area contributed by atoms with Crippen molar-refractivity contribution in [2.75, 3.05) is 0 Å². The highest BCUT2D eigenvalue weighted by molar-refractivity contribution is 7.99. The van der Waals surface area contributed by atoms with Gasteiger partial charge in [-0.15, -0.1) is 0 Å². The lowest BCUT2D eigenvalue weighted by atomic mass is 10.3. The van der Waals surface area contributed by atoms with Crippen LogP contribution in [0.15, 0.2) is 58.3 Å². The molecule has 0 saturated heterocycles. The highest BCUT2D eigenvalue weighted by atomic mass is 32.2. The van der Waals surface area contributed by atoms with Gasteiger partial charge in [-0.3, -0.25) is 10.1 Å². The predicted octanol–water partition coefficient (Wildman–Crippen LogP) is 3.45. The van der Waals surface area contributed by atoms with E-state index in [9.17, 15) is 15.2 Å². The summed E-state index contributed by atoms with van der Waals surface area (Å²) in [7, 11) is 0. The highest BCUT2D eigenvalue weighted by Gasteiger charge is 2.08. The quantitative estimate of drug-likeness (QED) is 0.666. The van der Waals surface area contributed by atoms with Crippen LogP contribution < -0.4 is 0 Å². The molecule has 0 atom stereocenters. The third kappa shape index (κ3) is 2.76. The number of para-hydroxylation sites is 1. The summed E-state index contributed by atoms with van der Waals surface area (Å²) in [6, 6.07) is 13.2. The Morgan fingerprint density at radius 1 is 1.12 bits per heavy atom. The average Bonchev–Trinajstić information content (AvgIpc) is 2.32. The topological polar surface area (TPSA) is 63.4 Å². The summed E-state index contributed by atoms with van der Waals surface area (Å²) in [6.07, 6.45) is 0. The zero-order chi connectivity index (χ0) is 12.3. The zero-order valence-electron chi connectivity index (χ0n) is 8.74. The summed E-state index contributed by atoms with van der Waals surface area (Å²) in [5.41, 5.74) is 0.0467. The van der Waals surface area contributed by atoms with E-state index >= 15 is 0 Å². The molecule has 0 saturated carbocycles. The number of nitro groups is 1. The van der Waals surface area contributed by atoms with Gasteiger partial charge in [0.2, 0.25) is 0 Å². The van der Waals surface area contributed by atoms with Crippen molar-refractivity contribution in [2.45, 2.75) is 9.79 Å². The Morgan fingerprint density at radius 3 is 2.59 bits per heavy atom. The van der Waals surface area contributed by atoms with Gasteiger partial charge in [0.25, 0.3) is 5.69 Å². The van der Waals surface area contributed by atoms with Crippen LogP contribution in [0.5, 0.6) is 5.75 Å². The molecule has 17 heavy (non-hydrogen) atoms. The van der Waals surface area contributed by atoms with Gasteiger partial charge in [0, 0.05) is 17.0 Å². The average molecular weight is 247 g/mol. The second-order valence-corrected chi connectivity index (χ2v) is 4.44. The van der Waals surface area contributed by atoms with E-state index in [4.69, 9.17) is 0 Å². The molecule has 0 radical (unpaired) electrons. The largest absolute Gasteiger partial charge is 0.507 e. The SMILES string of the molecule is O=[N+]([O-])c1cccc(Sc2ccccc2O)c1. The minimum absolute atomic E-state index is 0.0467. The van der Waals surface area contributed by atoms with Gasteiger partial charge in [-0.25, -0.2) is 0 Å². The molecule has 0 unspecified atom stereocenters. The van der Waals surface area contributed by atoms with E-state index in [1.54, 1.807) is 36.4 Å². The van der Waals surface area contributed by atoms with Crippen molar-refractivity contribution in [3.63, 3.8) is 0 Å². The molecule has 0 heterocycles. The lowest BCUT2D eigenvalue weighted by Gasteiger charge is -2.03. The lowest BCUT2D eigenvalue weighted by Crippen LogP contribution is -1.87. The van der Waals surface area contributed by atoms with Gasteiger partial charge in [0.1, 0.15) is 5.75 Å². The Balaban J connectivity index is 2.28. The fourth-order valence-corrected chi connectivity index (χ4v) is 2.23. The highest BCUT2D eigenvalue weighted by Crippen LogP contribution is 2.35. The minimum atomic E-state index is -0.436. The van der Waals surface area contributed by atoms with Crippen molar-refractivity contribution in [3.05, 3.63) is 58.6 Å². The summed E-state index contributed by atoms with van der Waals surface area (Å²) in [6.45, 7) is 0.